The van der Waals surface area contributed by atoms with E-state index < -0.39 is 36.1 Å². The molecule has 2 aromatic carbocycles. The van der Waals surface area contributed by atoms with Gasteiger partial charge in [-0.15, -0.1) is 0 Å². The second-order valence-corrected chi connectivity index (χ2v) is 8.36. The van der Waals surface area contributed by atoms with Gasteiger partial charge in [-0.05, 0) is 19.1 Å². The van der Waals surface area contributed by atoms with Crippen molar-refractivity contribution in [2.75, 3.05) is 5.32 Å². The van der Waals surface area contributed by atoms with Gasteiger partial charge < -0.3 is 5.11 Å². The third-order valence-electron chi connectivity index (χ3n) is 2.94. The number of benzene rings is 2. The molecular weight excluding hydrogens is 393 g/mol. The number of carboxylic acid groups (broad SMARTS) is 1. The number of carbonyl (C=O) groups is 2. The summed E-state index contributed by atoms with van der Waals surface area (Å²) < 4.78 is 28.4. The van der Waals surface area contributed by atoms with Crippen molar-refractivity contribution in [3.05, 3.63) is 53.6 Å². The van der Waals surface area contributed by atoms with Crippen molar-refractivity contribution in [2.45, 2.75) is 13.8 Å². The standard InChI is InChI=1S/C8H10AsNO5.C8H8O2/c1-5(11)10-7-4-2-3-6(8(7)12)9(13,14)15;1-6-2-4-7(5-3-6)8(9)10/h2-4,12H,1H3,(H,10,11)(H2,13,14,15);2-5H,1H3,(H,9,10). The number of aromatic carboxylic acids is 1. The fraction of sp³-hybridized carbons (Fsp3) is 0.125. The van der Waals surface area contributed by atoms with Crippen molar-refractivity contribution in [2.24, 2.45) is 0 Å². The Morgan fingerprint density at radius 1 is 1.04 bits per heavy atom. The molecule has 1 amide bonds. The van der Waals surface area contributed by atoms with Crippen LogP contribution in [0.15, 0.2) is 42.5 Å². The van der Waals surface area contributed by atoms with Crippen molar-refractivity contribution in [3.8, 4) is 5.75 Å². The normalized spacial score (nSPS) is 10.4. The van der Waals surface area contributed by atoms with Crippen molar-refractivity contribution in [1.29, 1.82) is 0 Å². The Morgan fingerprint density at radius 3 is 2.04 bits per heavy atom. The molecule has 8 nitrogen and oxygen atoms in total. The molecular formula is C16H18AsNO7. The summed E-state index contributed by atoms with van der Waals surface area (Å²) in [4.78, 5) is 21.0. The summed E-state index contributed by atoms with van der Waals surface area (Å²) in [7, 11) is 0. The molecule has 0 fully saturated rings. The van der Waals surface area contributed by atoms with Gasteiger partial charge in [0, 0.05) is 0 Å². The molecule has 0 radical (unpaired) electrons. The Kier molecular flexibility index (Phi) is 6.99. The van der Waals surface area contributed by atoms with Crippen LogP contribution in [0.5, 0.6) is 5.75 Å². The second-order valence-electron chi connectivity index (χ2n) is 5.07. The number of rotatable bonds is 3. The quantitative estimate of drug-likeness (QED) is 0.368. The van der Waals surface area contributed by atoms with Crippen LogP contribution in [0.25, 0.3) is 0 Å². The molecule has 25 heavy (non-hydrogen) atoms. The van der Waals surface area contributed by atoms with E-state index in [1.165, 1.54) is 19.1 Å². The van der Waals surface area contributed by atoms with E-state index in [1.807, 2.05) is 6.92 Å². The van der Waals surface area contributed by atoms with Crippen LogP contribution in [-0.4, -0.2) is 44.5 Å². The number of hydrogen-bond donors (Lipinski definition) is 5. The van der Waals surface area contributed by atoms with Crippen molar-refractivity contribution >= 4 is 36.1 Å². The summed E-state index contributed by atoms with van der Waals surface area (Å²) in [6.07, 6.45) is 0. The molecule has 0 aliphatic carbocycles. The fourth-order valence-electron chi connectivity index (χ4n) is 1.75. The first-order valence-corrected chi connectivity index (χ1v) is 10.4. The molecule has 0 aromatic heterocycles. The zero-order valence-corrected chi connectivity index (χ0v) is 15.4. The molecule has 0 spiro atoms. The van der Waals surface area contributed by atoms with Crippen LogP contribution in [-0.2, 0) is 8.53 Å². The number of carboxylic acids is 1. The van der Waals surface area contributed by atoms with Gasteiger partial charge >= 0.3 is 94.1 Å². The summed E-state index contributed by atoms with van der Waals surface area (Å²) in [6, 6.07) is 10.6. The monoisotopic (exact) mass is 411 g/mol. The van der Waals surface area contributed by atoms with E-state index in [0.717, 1.165) is 11.6 Å². The van der Waals surface area contributed by atoms with Gasteiger partial charge in [0.2, 0.25) is 0 Å². The number of carbonyl (C=O) groups excluding carboxylic acids is 1. The molecule has 0 saturated carbocycles. The first kappa shape index (κ1) is 20.5. The minimum Gasteiger partial charge on any atom is -0.478 e. The predicted octanol–water partition coefficient (Wildman–Crippen LogP) is 0.605. The molecule has 2 rings (SSSR count). The molecule has 0 aliphatic heterocycles. The van der Waals surface area contributed by atoms with Gasteiger partial charge in [-0.2, -0.15) is 0 Å². The SMILES string of the molecule is CC(=O)Nc1cccc([As](=O)(O)O)c1O.Cc1ccc(C(=O)O)cc1. The van der Waals surface area contributed by atoms with Crippen LogP contribution in [0.3, 0.4) is 0 Å². The van der Waals surface area contributed by atoms with E-state index in [1.54, 1.807) is 24.3 Å². The van der Waals surface area contributed by atoms with Crippen LogP contribution in [0.1, 0.15) is 22.8 Å². The number of aryl methyl sites for hydroxylation is 1. The predicted molar refractivity (Wildman–Crippen MR) is 91.1 cm³/mol. The van der Waals surface area contributed by atoms with Gasteiger partial charge in [-0.3, -0.25) is 0 Å². The van der Waals surface area contributed by atoms with E-state index in [9.17, 15) is 18.4 Å². The van der Waals surface area contributed by atoms with E-state index in [4.69, 9.17) is 13.3 Å². The van der Waals surface area contributed by atoms with Crippen LogP contribution in [0.2, 0.25) is 0 Å². The van der Waals surface area contributed by atoms with Crippen LogP contribution >= 0.6 is 0 Å². The molecule has 0 heterocycles. The zero-order chi connectivity index (χ0) is 19.2. The van der Waals surface area contributed by atoms with Crippen molar-refractivity contribution < 1.29 is 31.7 Å². The molecule has 9 heteroatoms. The van der Waals surface area contributed by atoms with Gasteiger partial charge in [0.05, 0.1) is 5.56 Å². The number of phenolic OH excluding ortho intramolecular Hbond substituents is 1. The van der Waals surface area contributed by atoms with Crippen molar-refractivity contribution in [3.63, 3.8) is 0 Å². The van der Waals surface area contributed by atoms with E-state index in [-0.39, 0.29) is 5.69 Å². The molecule has 2 aromatic rings. The van der Waals surface area contributed by atoms with E-state index >= 15 is 0 Å². The van der Waals surface area contributed by atoms with Gasteiger partial charge in [0.15, 0.2) is 0 Å². The minimum absolute atomic E-state index is 0.00951. The summed E-state index contributed by atoms with van der Waals surface area (Å²) in [5, 5.41) is 20.2. The topological polar surface area (TPSA) is 144 Å². The van der Waals surface area contributed by atoms with Crippen LogP contribution in [0.4, 0.5) is 5.69 Å². The number of para-hydroxylation sites is 1. The second kappa shape index (κ2) is 8.52. The molecule has 0 saturated heterocycles. The van der Waals surface area contributed by atoms with Gasteiger partial charge in [-0.25, -0.2) is 4.79 Å². The van der Waals surface area contributed by atoms with Crippen LogP contribution < -0.4 is 9.67 Å². The molecule has 0 unspecified atom stereocenters. The third-order valence-corrected chi connectivity index (χ3v) is 5.01. The average Bonchev–Trinajstić information content (AvgIpc) is 2.49. The zero-order valence-electron chi connectivity index (χ0n) is 13.5. The molecule has 0 atom stereocenters. The minimum atomic E-state index is -5.15. The number of amides is 1. The number of phenols is 1. The maximum absolute atomic E-state index is 11.0. The Bertz CT molecular complexity index is 812. The molecule has 0 aliphatic rings. The maximum Gasteiger partial charge on any atom is 0.335 e. The first-order chi connectivity index (χ1) is 11.5. The summed E-state index contributed by atoms with van der Waals surface area (Å²) in [5.41, 5.74) is 1.40. The number of hydrogen-bond acceptors (Lipinski definition) is 4. The average molecular weight is 411 g/mol. The fourth-order valence-corrected chi connectivity index (χ4v) is 3.17. The van der Waals surface area contributed by atoms with Crippen LogP contribution in [0, 0.1) is 6.92 Å². The summed E-state index contributed by atoms with van der Waals surface area (Å²) in [5.74, 6) is -1.89. The molecule has 134 valence electrons. The largest absolute Gasteiger partial charge is 0.478 e. The third kappa shape index (κ3) is 6.46. The Labute approximate surface area is 146 Å². The Morgan fingerprint density at radius 2 is 1.60 bits per heavy atom. The smallest absolute Gasteiger partial charge is 0.335 e. The van der Waals surface area contributed by atoms with Gasteiger partial charge in [0.1, 0.15) is 0 Å². The first-order valence-electron chi connectivity index (χ1n) is 6.98. The molecule has 5 N–H and O–H groups in total. The molecule has 0 bridgehead atoms. The number of nitrogens with one attached hydrogen (secondary N) is 1. The summed E-state index contributed by atoms with van der Waals surface area (Å²) in [6.45, 7) is 3.15. The van der Waals surface area contributed by atoms with Crippen molar-refractivity contribution in [1.82, 2.24) is 0 Å². The summed E-state index contributed by atoms with van der Waals surface area (Å²) >= 11 is -5.15. The Hall–Kier alpha value is -2.54. The van der Waals surface area contributed by atoms with Gasteiger partial charge in [0.25, 0.3) is 0 Å². The van der Waals surface area contributed by atoms with E-state index in [0.29, 0.717) is 5.56 Å². The number of anilines is 1. The number of aromatic hydroxyl groups is 1. The van der Waals surface area contributed by atoms with Gasteiger partial charge in [-0.1, -0.05) is 17.7 Å². The maximum atomic E-state index is 11.0. The van der Waals surface area contributed by atoms with E-state index in [2.05, 4.69) is 5.32 Å². The Balaban J connectivity index is 0.000000271.